The number of nitrogens with zero attached hydrogens (tertiary/aromatic N) is 1. The number of ether oxygens (including phenoxy) is 7. The van der Waals surface area contributed by atoms with E-state index in [1.54, 1.807) is 43.6 Å². The van der Waals surface area contributed by atoms with Gasteiger partial charge in [0.15, 0.2) is 12.6 Å². The summed E-state index contributed by atoms with van der Waals surface area (Å²) < 4.78 is 73.7. The SMILES string of the molecule is COc1ccc(C2OC[C@H]3O[C@@H](OCCc4cn(S(=O)(=O)c5ccccc5)c5ccccc45)[C@H](OCc4ccccc4)[C@@H](OCc4ccccc4)[C@@H]3O2)cc1. The van der Waals surface area contributed by atoms with Crippen molar-refractivity contribution in [2.45, 2.75) is 61.5 Å². The summed E-state index contributed by atoms with van der Waals surface area (Å²) >= 11 is 0. The Bertz CT molecular complexity index is 2250. The number of hydrogen-bond donors (Lipinski definition) is 0. The minimum absolute atomic E-state index is 0.217. The maximum absolute atomic E-state index is 13.7. The molecule has 3 heterocycles. The third kappa shape index (κ3) is 8.24. The number of hydrogen-bond acceptors (Lipinski definition) is 9. The Morgan fingerprint density at radius 3 is 1.98 bits per heavy atom. The Labute approximate surface area is 321 Å². The van der Waals surface area contributed by atoms with Gasteiger partial charge in [0.1, 0.15) is 30.2 Å². The lowest BCUT2D eigenvalue weighted by molar-refractivity contribution is -0.372. The second-order valence-electron chi connectivity index (χ2n) is 13.5. The standard InChI is InChI=1S/C44H43NO9S/c1-48-35-23-21-33(22-24-35)43-52-30-39-40(54-43)41(50-28-31-13-5-2-6-14-31)42(51-29-32-15-7-3-8-16-32)44(53-39)49-26-25-34-27-45(38-20-12-11-19-37(34)38)55(46,47)36-17-9-4-10-18-36/h2-24,27,39-44H,25-26,28-30H2,1H3/t39-,40-,41+,42-,43?,44-/m1/s1. The predicted molar refractivity (Wildman–Crippen MR) is 206 cm³/mol. The van der Waals surface area contributed by atoms with Crippen molar-refractivity contribution in [3.63, 3.8) is 0 Å². The van der Waals surface area contributed by atoms with Gasteiger partial charge in [-0.25, -0.2) is 12.4 Å². The first kappa shape index (κ1) is 37.1. The van der Waals surface area contributed by atoms with Gasteiger partial charge in [0, 0.05) is 17.1 Å². The van der Waals surface area contributed by atoms with Crippen LogP contribution in [0.15, 0.2) is 151 Å². The van der Waals surface area contributed by atoms with Gasteiger partial charge in [0.05, 0.1) is 43.9 Å². The Morgan fingerprint density at radius 1 is 0.691 bits per heavy atom. The maximum atomic E-state index is 13.7. The molecule has 0 aliphatic carbocycles. The van der Waals surface area contributed by atoms with Crippen LogP contribution < -0.4 is 4.74 Å². The Hall–Kier alpha value is -4.85. The maximum Gasteiger partial charge on any atom is 0.268 e. The Balaban J connectivity index is 1.07. The minimum atomic E-state index is -3.83. The summed E-state index contributed by atoms with van der Waals surface area (Å²) in [4.78, 5) is 0.217. The lowest BCUT2D eigenvalue weighted by atomic mass is 9.97. The zero-order chi connectivity index (χ0) is 37.6. The monoisotopic (exact) mass is 761 g/mol. The summed E-state index contributed by atoms with van der Waals surface area (Å²) in [5.74, 6) is 0.735. The average molecular weight is 762 g/mol. The third-order valence-electron chi connectivity index (χ3n) is 9.96. The van der Waals surface area contributed by atoms with Crippen LogP contribution >= 0.6 is 0 Å². The molecule has 1 aromatic heterocycles. The molecule has 6 atom stereocenters. The van der Waals surface area contributed by atoms with Crippen molar-refractivity contribution in [1.29, 1.82) is 0 Å². The van der Waals surface area contributed by atoms with Crippen LogP contribution in [-0.4, -0.2) is 63.4 Å². The van der Waals surface area contributed by atoms with Crippen molar-refractivity contribution < 1.29 is 41.6 Å². The summed E-state index contributed by atoms with van der Waals surface area (Å²) in [6.45, 7) is 1.07. The first-order chi connectivity index (χ1) is 27.0. The van der Waals surface area contributed by atoms with Crippen LogP contribution in [0.1, 0.15) is 28.5 Å². The molecular formula is C44H43NO9S. The number of rotatable bonds is 14. The highest BCUT2D eigenvalue weighted by atomic mass is 32.2. The number of fused-ring (bicyclic) bond motifs is 2. The fourth-order valence-electron chi connectivity index (χ4n) is 7.12. The molecule has 10 nitrogen and oxygen atoms in total. The van der Waals surface area contributed by atoms with E-state index in [0.29, 0.717) is 25.2 Å². The van der Waals surface area contributed by atoms with E-state index >= 15 is 0 Å². The number of para-hydroxylation sites is 1. The van der Waals surface area contributed by atoms with Gasteiger partial charge < -0.3 is 33.2 Å². The van der Waals surface area contributed by atoms with Crippen LogP contribution in [0.5, 0.6) is 5.75 Å². The van der Waals surface area contributed by atoms with Crippen LogP contribution in [0.25, 0.3) is 10.9 Å². The van der Waals surface area contributed by atoms with E-state index in [-0.39, 0.29) is 18.1 Å². The van der Waals surface area contributed by atoms with Crippen molar-refractivity contribution in [2.24, 2.45) is 0 Å². The molecule has 0 spiro atoms. The second-order valence-corrected chi connectivity index (χ2v) is 15.3. The summed E-state index contributed by atoms with van der Waals surface area (Å²) in [7, 11) is -2.20. The van der Waals surface area contributed by atoms with Crippen LogP contribution in [-0.2, 0) is 58.1 Å². The van der Waals surface area contributed by atoms with E-state index in [4.69, 9.17) is 33.2 Å². The Morgan fingerprint density at radius 2 is 1.31 bits per heavy atom. The largest absolute Gasteiger partial charge is 0.497 e. The normalized spacial score (nSPS) is 22.6. The first-order valence-corrected chi connectivity index (χ1v) is 19.8. The van der Waals surface area contributed by atoms with E-state index in [0.717, 1.165) is 33.4 Å². The summed E-state index contributed by atoms with van der Waals surface area (Å²) in [6, 6.07) is 43.4. The lowest BCUT2D eigenvalue weighted by Crippen LogP contribution is -2.63. The number of benzene rings is 5. The van der Waals surface area contributed by atoms with Gasteiger partial charge in [0.2, 0.25) is 0 Å². The van der Waals surface area contributed by atoms with Crippen molar-refractivity contribution in [2.75, 3.05) is 20.3 Å². The smallest absolute Gasteiger partial charge is 0.268 e. The van der Waals surface area contributed by atoms with E-state index in [9.17, 15) is 8.42 Å². The highest BCUT2D eigenvalue weighted by Crippen LogP contribution is 2.38. The molecule has 2 aliphatic rings. The molecule has 6 aromatic rings. The molecule has 2 saturated heterocycles. The van der Waals surface area contributed by atoms with Crippen molar-refractivity contribution >= 4 is 20.9 Å². The topological polar surface area (TPSA) is 104 Å². The van der Waals surface area contributed by atoms with Gasteiger partial charge in [0.25, 0.3) is 10.0 Å². The molecule has 5 aromatic carbocycles. The van der Waals surface area contributed by atoms with Gasteiger partial charge in [-0.3, -0.25) is 0 Å². The lowest BCUT2D eigenvalue weighted by Gasteiger charge is -2.49. The van der Waals surface area contributed by atoms with Gasteiger partial charge in [-0.05, 0) is 53.4 Å². The van der Waals surface area contributed by atoms with Gasteiger partial charge in [-0.15, -0.1) is 0 Å². The molecule has 55 heavy (non-hydrogen) atoms. The van der Waals surface area contributed by atoms with Crippen LogP contribution in [0, 0.1) is 0 Å². The van der Waals surface area contributed by atoms with Crippen LogP contribution in [0.4, 0.5) is 0 Å². The quantitative estimate of drug-likeness (QED) is 0.112. The highest BCUT2D eigenvalue weighted by molar-refractivity contribution is 7.90. The summed E-state index contributed by atoms with van der Waals surface area (Å²) in [5, 5.41) is 0.829. The molecule has 284 valence electrons. The fourth-order valence-corrected chi connectivity index (χ4v) is 8.53. The Kier molecular flexibility index (Phi) is 11.4. The molecule has 2 fully saturated rings. The summed E-state index contributed by atoms with van der Waals surface area (Å²) in [6.07, 6.45) is -1.77. The predicted octanol–water partition coefficient (Wildman–Crippen LogP) is 7.46. The van der Waals surface area contributed by atoms with E-state index < -0.39 is 47.0 Å². The van der Waals surface area contributed by atoms with Crippen LogP contribution in [0.3, 0.4) is 0 Å². The third-order valence-corrected chi connectivity index (χ3v) is 11.6. The molecule has 2 aliphatic heterocycles. The molecule has 0 N–H and O–H groups in total. The molecule has 0 saturated carbocycles. The zero-order valence-corrected chi connectivity index (χ0v) is 31.2. The molecule has 0 amide bonds. The average Bonchev–Trinajstić information content (AvgIpc) is 3.62. The van der Waals surface area contributed by atoms with Crippen molar-refractivity contribution in [1.82, 2.24) is 3.97 Å². The van der Waals surface area contributed by atoms with E-state index in [1.165, 1.54) is 3.97 Å². The minimum Gasteiger partial charge on any atom is -0.497 e. The second kappa shape index (κ2) is 16.9. The molecule has 11 heteroatoms. The molecule has 8 rings (SSSR count). The van der Waals surface area contributed by atoms with Gasteiger partial charge in [-0.1, -0.05) is 109 Å². The molecule has 0 radical (unpaired) electrons. The fraction of sp³-hybridized carbons (Fsp3) is 0.273. The van der Waals surface area contributed by atoms with Gasteiger partial charge >= 0.3 is 0 Å². The molecular weight excluding hydrogens is 719 g/mol. The van der Waals surface area contributed by atoms with E-state index in [1.807, 2.05) is 109 Å². The zero-order valence-electron chi connectivity index (χ0n) is 30.4. The first-order valence-electron chi connectivity index (χ1n) is 18.4. The van der Waals surface area contributed by atoms with E-state index in [2.05, 4.69) is 0 Å². The van der Waals surface area contributed by atoms with Crippen LogP contribution in [0.2, 0.25) is 0 Å². The van der Waals surface area contributed by atoms with Gasteiger partial charge in [-0.2, -0.15) is 0 Å². The number of methoxy groups -OCH3 is 1. The molecule has 1 unspecified atom stereocenters. The van der Waals surface area contributed by atoms with Crippen molar-refractivity contribution in [3.8, 4) is 5.75 Å². The van der Waals surface area contributed by atoms with Crippen molar-refractivity contribution in [3.05, 3.63) is 168 Å². The molecule has 0 bridgehead atoms. The number of aromatic nitrogens is 1. The summed E-state index contributed by atoms with van der Waals surface area (Å²) in [5.41, 5.74) is 4.26. The highest BCUT2D eigenvalue weighted by Gasteiger charge is 2.52.